The van der Waals surface area contributed by atoms with Crippen LogP contribution in [0.25, 0.3) is 0 Å². The summed E-state index contributed by atoms with van der Waals surface area (Å²) in [6.07, 6.45) is 0.0176. The van der Waals surface area contributed by atoms with Gasteiger partial charge in [0.2, 0.25) is 0 Å². The maximum Gasteiger partial charge on any atom is 0.326 e. The SMILES string of the molecule is O=C(N[C@H](CC[S@](=O)c1ccccc1)C(=O)O)c1ccc(F)cc1. The van der Waals surface area contributed by atoms with Crippen molar-refractivity contribution in [1.29, 1.82) is 0 Å². The number of halogens is 1. The molecule has 0 saturated carbocycles. The van der Waals surface area contributed by atoms with Gasteiger partial charge in [0.1, 0.15) is 11.9 Å². The highest BCUT2D eigenvalue weighted by atomic mass is 32.2. The molecule has 2 aromatic carbocycles. The Kier molecular flexibility index (Phi) is 6.20. The molecule has 0 saturated heterocycles. The van der Waals surface area contributed by atoms with Gasteiger partial charge in [-0.3, -0.25) is 9.00 Å². The Hall–Kier alpha value is -2.54. The number of hydrogen-bond acceptors (Lipinski definition) is 3. The monoisotopic (exact) mass is 349 g/mol. The Balaban J connectivity index is 1.97. The van der Waals surface area contributed by atoms with Gasteiger partial charge in [0.15, 0.2) is 0 Å². The maximum atomic E-state index is 12.9. The summed E-state index contributed by atoms with van der Waals surface area (Å²) in [7, 11) is -1.35. The van der Waals surface area contributed by atoms with Crippen LogP contribution in [0.4, 0.5) is 4.39 Å². The predicted octanol–water partition coefficient (Wildman–Crippen LogP) is 2.21. The highest BCUT2D eigenvalue weighted by Crippen LogP contribution is 2.09. The molecule has 7 heteroatoms. The zero-order chi connectivity index (χ0) is 17.5. The first-order valence-electron chi connectivity index (χ1n) is 7.20. The fourth-order valence-corrected chi connectivity index (χ4v) is 3.16. The molecule has 2 rings (SSSR count). The molecule has 0 aliphatic carbocycles. The van der Waals surface area contributed by atoms with E-state index < -0.39 is 34.5 Å². The second-order valence-electron chi connectivity index (χ2n) is 5.02. The lowest BCUT2D eigenvalue weighted by Gasteiger charge is -2.14. The van der Waals surface area contributed by atoms with Crippen LogP contribution in [0.5, 0.6) is 0 Å². The molecule has 24 heavy (non-hydrogen) atoms. The smallest absolute Gasteiger partial charge is 0.326 e. The standard InChI is InChI=1S/C17H16FNO4S/c18-13-8-6-12(7-9-13)16(20)19-15(17(21)22)10-11-24(23)14-4-2-1-3-5-14/h1-9,15H,10-11H2,(H,19,20)(H,21,22)/t15-,24+/m1/s1. The molecule has 0 heterocycles. The van der Waals surface area contributed by atoms with Crippen molar-refractivity contribution in [2.75, 3.05) is 5.75 Å². The Morgan fingerprint density at radius 2 is 1.71 bits per heavy atom. The van der Waals surface area contributed by atoms with Crippen LogP contribution in [0.3, 0.4) is 0 Å². The van der Waals surface area contributed by atoms with Crippen molar-refractivity contribution in [2.24, 2.45) is 0 Å². The summed E-state index contributed by atoms with van der Waals surface area (Å²) in [5, 5.41) is 11.6. The molecule has 2 N–H and O–H groups in total. The molecule has 1 amide bonds. The second kappa shape index (κ2) is 8.35. The van der Waals surface area contributed by atoms with Crippen molar-refractivity contribution < 1.29 is 23.3 Å². The van der Waals surface area contributed by atoms with Gasteiger partial charge >= 0.3 is 5.97 Å². The average molecular weight is 349 g/mol. The Labute approximate surface area is 141 Å². The third kappa shape index (κ3) is 4.99. The summed E-state index contributed by atoms with van der Waals surface area (Å²) < 4.78 is 25.0. The van der Waals surface area contributed by atoms with Crippen LogP contribution >= 0.6 is 0 Å². The molecule has 5 nitrogen and oxygen atoms in total. The number of carbonyl (C=O) groups is 2. The van der Waals surface area contributed by atoms with E-state index in [4.69, 9.17) is 0 Å². The van der Waals surface area contributed by atoms with Crippen molar-refractivity contribution in [3.8, 4) is 0 Å². The van der Waals surface area contributed by atoms with Crippen LogP contribution in [-0.4, -0.2) is 33.0 Å². The lowest BCUT2D eigenvalue weighted by atomic mass is 10.1. The molecule has 0 aliphatic rings. The van der Waals surface area contributed by atoms with E-state index in [2.05, 4.69) is 5.32 Å². The number of benzene rings is 2. The number of amides is 1. The highest BCUT2D eigenvalue weighted by Gasteiger charge is 2.21. The zero-order valence-electron chi connectivity index (χ0n) is 12.6. The van der Waals surface area contributed by atoms with Gasteiger partial charge in [-0.15, -0.1) is 0 Å². The van der Waals surface area contributed by atoms with E-state index in [0.717, 1.165) is 12.1 Å². The van der Waals surface area contributed by atoms with Crippen molar-refractivity contribution in [2.45, 2.75) is 17.4 Å². The number of hydrogen-bond donors (Lipinski definition) is 2. The van der Waals surface area contributed by atoms with E-state index in [0.29, 0.717) is 4.90 Å². The molecule has 0 aromatic heterocycles. The fraction of sp³-hybridized carbons (Fsp3) is 0.176. The van der Waals surface area contributed by atoms with Gasteiger partial charge in [-0.05, 0) is 42.8 Å². The third-order valence-corrected chi connectivity index (χ3v) is 4.71. The lowest BCUT2D eigenvalue weighted by molar-refractivity contribution is -0.139. The number of nitrogens with one attached hydrogen (secondary N) is 1. The summed E-state index contributed by atoms with van der Waals surface area (Å²) in [5.74, 6) is -2.21. The van der Waals surface area contributed by atoms with E-state index >= 15 is 0 Å². The third-order valence-electron chi connectivity index (χ3n) is 3.31. The summed E-state index contributed by atoms with van der Waals surface area (Å²) in [5.41, 5.74) is 0.159. The predicted molar refractivity (Wildman–Crippen MR) is 87.6 cm³/mol. The van der Waals surface area contributed by atoms with Crippen LogP contribution in [0.1, 0.15) is 16.8 Å². The lowest BCUT2D eigenvalue weighted by Crippen LogP contribution is -2.41. The fourth-order valence-electron chi connectivity index (χ4n) is 2.02. The zero-order valence-corrected chi connectivity index (χ0v) is 13.5. The minimum absolute atomic E-state index is 0.0176. The van der Waals surface area contributed by atoms with Gasteiger partial charge in [-0.1, -0.05) is 18.2 Å². The van der Waals surface area contributed by atoms with Crippen molar-refractivity contribution >= 4 is 22.7 Å². The molecule has 126 valence electrons. The van der Waals surface area contributed by atoms with Crippen LogP contribution in [0.2, 0.25) is 0 Å². The van der Waals surface area contributed by atoms with Crippen molar-refractivity contribution in [1.82, 2.24) is 5.32 Å². The minimum atomic E-state index is -1.35. The minimum Gasteiger partial charge on any atom is -0.480 e. The second-order valence-corrected chi connectivity index (χ2v) is 6.59. The summed E-state index contributed by atoms with van der Waals surface area (Å²) in [6.45, 7) is 0. The van der Waals surface area contributed by atoms with Crippen LogP contribution in [0.15, 0.2) is 59.5 Å². The largest absolute Gasteiger partial charge is 0.480 e. The van der Waals surface area contributed by atoms with E-state index in [1.165, 1.54) is 12.1 Å². The number of carboxylic acid groups (broad SMARTS) is 1. The van der Waals surface area contributed by atoms with Gasteiger partial charge in [-0.25, -0.2) is 9.18 Å². The molecule has 0 spiro atoms. The average Bonchev–Trinajstić information content (AvgIpc) is 2.59. The summed E-state index contributed by atoms with van der Waals surface area (Å²) in [4.78, 5) is 23.9. The quantitative estimate of drug-likeness (QED) is 0.803. The number of carbonyl (C=O) groups excluding carboxylic acids is 1. The molecule has 0 aliphatic heterocycles. The van der Waals surface area contributed by atoms with E-state index in [9.17, 15) is 23.3 Å². The first-order chi connectivity index (χ1) is 11.5. The van der Waals surface area contributed by atoms with Gasteiger partial charge in [0, 0.05) is 16.2 Å². The first-order valence-corrected chi connectivity index (χ1v) is 8.52. The molecule has 0 radical (unpaired) electrons. The maximum absolute atomic E-state index is 12.9. The van der Waals surface area contributed by atoms with Gasteiger partial charge in [-0.2, -0.15) is 0 Å². The van der Waals surface area contributed by atoms with Crippen LogP contribution < -0.4 is 5.32 Å². The summed E-state index contributed by atoms with van der Waals surface area (Å²) in [6, 6.07) is 12.3. The molecule has 0 fully saturated rings. The van der Waals surface area contributed by atoms with Crippen LogP contribution in [0, 0.1) is 5.82 Å². The number of rotatable bonds is 7. The van der Waals surface area contributed by atoms with Gasteiger partial charge in [0.05, 0.1) is 10.8 Å². The van der Waals surface area contributed by atoms with Crippen molar-refractivity contribution in [3.05, 3.63) is 66.0 Å². The molecular weight excluding hydrogens is 333 g/mol. The normalized spacial score (nSPS) is 13.0. The van der Waals surface area contributed by atoms with E-state index in [1.807, 2.05) is 0 Å². The Bertz CT molecular complexity index is 734. The van der Waals surface area contributed by atoms with E-state index in [-0.39, 0.29) is 17.7 Å². The number of carboxylic acids is 1. The van der Waals surface area contributed by atoms with Crippen LogP contribution in [-0.2, 0) is 15.6 Å². The molecule has 2 aromatic rings. The highest BCUT2D eigenvalue weighted by molar-refractivity contribution is 7.85. The molecule has 0 unspecified atom stereocenters. The molecular formula is C17H16FNO4S. The van der Waals surface area contributed by atoms with Crippen molar-refractivity contribution in [3.63, 3.8) is 0 Å². The topological polar surface area (TPSA) is 83.5 Å². The van der Waals surface area contributed by atoms with E-state index in [1.54, 1.807) is 30.3 Å². The molecule has 0 bridgehead atoms. The van der Waals surface area contributed by atoms with Gasteiger partial charge < -0.3 is 10.4 Å². The Morgan fingerprint density at radius 3 is 2.29 bits per heavy atom. The summed E-state index contributed by atoms with van der Waals surface area (Å²) >= 11 is 0. The van der Waals surface area contributed by atoms with Gasteiger partial charge in [0.25, 0.3) is 5.91 Å². The number of aliphatic carboxylic acids is 1. The first kappa shape index (κ1) is 17.8. The Morgan fingerprint density at radius 1 is 1.08 bits per heavy atom. The molecule has 2 atom stereocenters.